The molecule has 3 fully saturated rings. The molecule has 6 heteroatoms. The van der Waals surface area contributed by atoms with Gasteiger partial charge in [0, 0.05) is 12.7 Å². The van der Waals surface area contributed by atoms with Gasteiger partial charge >= 0.3 is 12.1 Å². The van der Waals surface area contributed by atoms with Crippen LogP contribution in [0, 0.1) is 23.2 Å². The molecule has 3 nitrogen and oxygen atoms in total. The minimum atomic E-state index is -4.93. The van der Waals surface area contributed by atoms with Gasteiger partial charge in [0.15, 0.2) is 0 Å². The van der Waals surface area contributed by atoms with Crippen LogP contribution in [-0.2, 0) is 19.9 Å². The number of benzene rings is 1. The van der Waals surface area contributed by atoms with Crippen molar-refractivity contribution in [1.29, 1.82) is 0 Å². The molecule has 4 rings (SSSR count). The summed E-state index contributed by atoms with van der Waals surface area (Å²) in [5, 5.41) is 0. The van der Waals surface area contributed by atoms with Gasteiger partial charge in [-0.3, -0.25) is 0 Å². The first-order valence-electron chi connectivity index (χ1n) is 9.98. The lowest BCUT2D eigenvalue weighted by Gasteiger charge is -2.62. The summed E-state index contributed by atoms with van der Waals surface area (Å²) in [6.45, 7) is 6.48. The van der Waals surface area contributed by atoms with Crippen molar-refractivity contribution in [1.82, 2.24) is 0 Å². The third kappa shape index (κ3) is 3.14. The lowest BCUT2D eigenvalue weighted by molar-refractivity contribution is -0.283. The summed E-state index contributed by atoms with van der Waals surface area (Å²) in [7, 11) is 0.909. The number of alkyl halides is 3. The van der Waals surface area contributed by atoms with Crippen molar-refractivity contribution >= 4 is 5.97 Å². The zero-order valence-electron chi connectivity index (χ0n) is 16.9. The predicted molar refractivity (Wildman–Crippen MR) is 99.5 cm³/mol. The molecule has 0 aromatic heterocycles. The summed E-state index contributed by atoms with van der Waals surface area (Å²) >= 11 is 0. The fourth-order valence-corrected chi connectivity index (χ4v) is 5.36. The molecule has 3 aliphatic carbocycles. The van der Waals surface area contributed by atoms with Crippen LogP contribution in [0.1, 0.15) is 52.0 Å². The van der Waals surface area contributed by atoms with E-state index < -0.39 is 23.9 Å². The smallest absolute Gasteiger partial charge is 0.432 e. The van der Waals surface area contributed by atoms with Crippen LogP contribution in [-0.4, -0.2) is 25.4 Å². The Balaban J connectivity index is 1.90. The number of methoxy groups -OCH3 is 1. The van der Waals surface area contributed by atoms with Crippen LogP contribution in [0.4, 0.5) is 13.2 Å². The number of hydrogen-bond donors (Lipinski definition) is 0. The Morgan fingerprint density at radius 1 is 1.18 bits per heavy atom. The van der Waals surface area contributed by atoms with E-state index >= 15 is 0 Å². The maximum absolute atomic E-state index is 14.1. The van der Waals surface area contributed by atoms with Crippen molar-refractivity contribution in [2.45, 2.75) is 64.3 Å². The number of ether oxygens (including phenoxy) is 2. The van der Waals surface area contributed by atoms with Crippen molar-refractivity contribution in [2.75, 3.05) is 7.11 Å². The van der Waals surface area contributed by atoms with Crippen LogP contribution in [0.15, 0.2) is 30.3 Å². The van der Waals surface area contributed by atoms with E-state index in [1.54, 1.807) is 6.07 Å². The summed E-state index contributed by atoms with van der Waals surface area (Å²) in [6.07, 6.45) is -1.99. The monoisotopic (exact) mass is 398 g/mol. The standard InChI is InChI=1S/C22H29F3O3/c1-5-9-16-17-12-15(20(17,2)3)13-18(16)28-19(26)21(27-4,22(23,24)25)14-10-7-6-8-11-14/h6-8,10-11,15-18H,5,9,12-13H2,1-4H3/t15-,16+,17+,18+,21-/m0/s1. The van der Waals surface area contributed by atoms with E-state index in [0.29, 0.717) is 18.3 Å². The van der Waals surface area contributed by atoms with Gasteiger partial charge in [0.1, 0.15) is 6.10 Å². The largest absolute Gasteiger partial charge is 0.459 e. The number of carbonyl (C=O) groups excluding carboxylic acids is 1. The summed E-state index contributed by atoms with van der Waals surface area (Å²) in [6, 6.07) is 7.02. The van der Waals surface area contributed by atoms with Gasteiger partial charge in [-0.15, -0.1) is 0 Å². The molecule has 0 aliphatic heterocycles. The van der Waals surface area contributed by atoms with Crippen molar-refractivity contribution < 1.29 is 27.4 Å². The summed E-state index contributed by atoms with van der Waals surface area (Å²) < 4.78 is 52.8. The maximum atomic E-state index is 14.1. The SMILES string of the molecule is CCC[C@@H]1[C@H]2C[C@@H](C[C@H]1OC(=O)[C@@](OC)(c1ccccc1)C(F)(F)F)C2(C)C. The molecule has 0 heterocycles. The average molecular weight is 398 g/mol. The molecular formula is C22H29F3O3. The molecule has 3 saturated carbocycles. The van der Waals surface area contributed by atoms with E-state index in [9.17, 15) is 18.0 Å². The Hall–Kier alpha value is -1.56. The molecule has 0 radical (unpaired) electrons. The summed E-state index contributed by atoms with van der Waals surface area (Å²) in [4.78, 5) is 13.0. The molecule has 28 heavy (non-hydrogen) atoms. The highest BCUT2D eigenvalue weighted by atomic mass is 19.4. The average Bonchev–Trinajstić information content (AvgIpc) is 2.63. The maximum Gasteiger partial charge on any atom is 0.432 e. The molecule has 3 aliphatic rings. The molecule has 2 bridgehead atoms. The van der Waals surface area contributed by atoms with Gasteiger partial charge in [0.25, 0.3) is 5.60 Å². The number of rotatable bonds is 6. The van der Waals surface area contributed by atoms with Crippen molar-refractivity contribution in [2.24, 2.45) is 23.2 Å². The normalized spacial score (nSPS) is 30.8. The Morgan fingerprint density at radius 3 is 2.32 bits per heavy atom. The molecule has 156 valence electrons. The van der Waals surface area contributed by atoms with Gasteiger partial charge in [-0.25, -0.2) is 4.79 Å². The van der Waals surface area contributed by atoms with Gasteiger partial charge < -0.3 is 9.47 Å². The first-order chi connectivity index (χ1) is 13.1. The molecule has 0 spiro atoms. The Kier molecular flexibility index (Phi) is 5.56. The Labute approximate surface area is 164 Å². The second kappa shape index (κ2) is 7.36. The van der Waals surface area contributed by atoms with Crippen LogP contribution in [0.25, 0.3) is 0 Å². The van der Waals surface area contributed by atoms with E-state index in [1.165, 1.54) is 24.3 Å². The van der Waals surface area contributed by atoms with E-state index in [-0.39, 0.29) is 16.9 Å². The van der Waals surface area contributed by atoms with Crippen LogP contribution in [0.5, 0.6) is 0 Å². The highest BCUT2D eigenvalue weighted by Crippen LogP contribution is 2.63. The zero-order valence-corrected chi connectivity index (χ0v) is 16.9. The van der Waals surface area contributed by atoms with E-state index in [1.807, 2.05) is 0 Å². The first kappa shape index (κ1) is 21.2. The molecule has 1 aromatic rings. The van der Waals surface area contributed by atoms with Gasteiger partial charge in [-0.05, 0) is 42.4 Å². The second-order valence-corrected chi connectivity index (χ2v) is 8.74. The van der Waals surface area contributed by atoms with Gasteiger partial charge in [0.2, 0.25) is 0 Å². The number of hydrogen-bond acceptors (Lipinski definition) is 3. The molecule has 0 amide bonds. The fraction of sp³-hybridized carbons (Fsp3) is 0.682. The molecule has 0 unspecified atom stereocenters. The lowest BCUT2D eigenvalue weighted by atomic mass is 9.44. The molecular weight excluding hydrogens is 369 g/mol. The van der Waals surface area contributed by atoms with E-state index in [4.69, 9.17) is 9.47 Å². The van der Waals surface area contributed by atoms with Crippen molar-refractivity contribution in [3.63, 3.8) is 0 Å². The fourth-order valence-electron chi connectivity index (χ4n) is 5.36. The third-order valence-corrected chi connectivity index (χ3v) is 7.11. The Bertz CT molecular complexity index is 701. The van der Waals surface area contributed by atoms with Gasteiger partial charge in [0.05, 0.1) is 0 Å². The second-order valence-electron chi connectivity index (χ2n) is 8.74. The van der Waals surface area contributed by atoms with Crippen molar-refractivity contribution in [3.05, 3.63) is 35.9 Å². The minimum absolute atomic E-state index is 0.0903. The van der Waals surface area contributed by atoms with Crippen LogP contribution >= 0.6 is 0 Å². The van der Waals surface area contributed by atoms with E-state index in [2.05, 4.69) is 20.8 Å². The number of fused-ring (bicyclic) bond motifs is 2. The van der Waals surface area contributed by atoms with Gasteiger partial charge in [-0.2, -0.15) is 13.2 Å². The minimum Gasteiger partial charge on any atom is -0.459 e. The van der Waals surface area contributed by atoms with E-state index in [0.717, 1.165) is 26.4 Å². The topological polar surface area (TPSA) is 35.5 Å². The number of halogens is 3. The van der Waals surface area contributed by atoms with Crippen molar-refractivity contribution in [3.8, 4) is 0 Å². The Morgan fingerprint density at radius 2 is 1.82 bits per heavy atom. The van der Waals surface area contributed by atoms with Gasteiger partial charge in [-0.1, -0.05) is 57.5 Å². The predicted octanol–water partition coefficient (Wildman–Crippen LogP) is 5.48. The quantitative estimate of drug-likeness (QED) is 0.595. The molecule has 0 saturated heterocycles. The summed E-state index contributed by atoms with van der Waals surface area (Å²) in [5.41, 5.74) is -3.21. The van der Waals surface area contributed by atoms with Crippen LogP contribution in [0.2, 0.25) is 0 Å². The van der Waals surface area contributed by atoms with Crippen LogP contribution in [0.3, 0.4) is 0 Å². The third-order valence-electron chi connectivity index (χ3n) is 7.11. The van der Waals surface area contributed by atoms with Crippen LogP contribution < -0.4 is 0 Å². The highest BCUT2D eigenvalue weighted by molar-refractivity contribution is 5.83. The highest BCUT2D eigenvalue weighted by Gasteiger charge is 2.65. The first-order valence-corrected chi connectivity index (χ1v) is 9.98. The molecule has 1 aromatic carbocycles. The number of esters is 1. The lowest BCUT2D eigenvalue weighted by Crippen LogP contribution is -2.60. The summed E-state index contributed by atoms with van der Waals surface area (Å²) in [5.74, 6) is -0.516. The zero-order chi connectivity index (χ0) is 20.7. The molecule has 5 atom stereocenters. The number of carbonyl (C=O) groups is 1. The molecule has 0 N–H and O–H groups in total.